The van der Waals surface area contributed by atoms with E-state index in [2.05, 4.69) is 11.4 Å². The molecule has 2 aromatic carbocycles. The van der Waals surface area contributed by atoms with Crippen molar-refractivity contribution < 1.29 is 27.3 Å². The van der Waals surface area contributed by atoms with Crippen LogP contribution in [0.2, 0.25) is 0 Å². The first-order valence-electron chi connectivity index (χ1n) is 11.3. The molecule has 2 aromatic rings. The number of rotatable bonds is 8. The van der Waals surface area contributed by atoms with Crippen molar-refractivity contribution >= 4 is 30.2 Å². The van der Waals surface area contributed by atoms with Crippen LogP contribution in [0.5, 0.6) is 0 Å². The number of nitrogens with zero attached hydrogens (tertiary/aromatic N) is 2. The van der Waals surface area contributed by atoms with E-state index < -0.39 is 30.1 Å². The summed E-state index contributed by atoms with van der Waals surface area (Å²) >= 11 is 0. The Bertz CT molecular complexity index is 1110. The molecule has 0 saturated carbocycles. The normalized spacial score (nSPS) is 16.6. The number of carbonyl (C=O) groups is 1. The van der Waals surface area contributed by atoms with Crippen LogP contribution in [0.25, 0.3) is 0 Å². The third-order valence-electron chi connectivity index (χ3n) is 6.51. The van der Waals surface area contributed by atoms with Crippen LogP contribution < -0.4 is 15.7 Å². The van der Waals surface area contributed by atoms with E-state index in [0.29, 0.717) is 29.7 Å². The highest BCUT2D eigenvalue weighted by Crippen LogP contribution is 2.37. The minimum absolute atomic E-state index is 0.0128. The van der Waals surface area contributed by atoms with Gasteiger partial charge in [0.2, 0.25) is 0 Å². The molecule has 6 nitrogen and oxygen atoms in total. The van der Waals surface area contributed by atoms with Crippen molar-refractivity contribution in [2.24, 2.45) is 0 Å². The fourth-order valence-electron chi connectivity index (χ4n) is 3.82. The summed E-state index contributed by atoms with van der Waals surface area (Å²) < 4.78 is 53.3. The summed E-state index contributed by atoms with van der Waals surface area (Å²) in [6.07, 6.45) is -3.87. The lowest BCUT2D eigenvalue weighted by Gasteiger charge is -2.32. The lowest BCUT2D eigenvalue weighted by atomic mass is 9.78. The smallest absolute Gasteiger partial charge is 0.399 e. The van der Waals surface area contributed by atoms with E-state index in [4.69, 9.17) is 14.6 Å². The number of anilines is 2. The molecule has 0 spiro atoms. The fourth-order valence-corrected chi connectivity index (χ4v) is 3.82. The van der Waals surface area contributed by atoms with Gasteiger partial charge in [-0.2, -0.15) is 18.4 Å². The number of carbonyl (C=O) groups excluding carboxylic acids is 1. The van der Waals surface area contributed by atoms with E-state index in [9.17, 15) is 18.0 Å². The second-order valence-electron chi connectivity index (χ2n) is 9.58. The van der Waals surface area contributed by atoms with Gasteiger partial charge in [-0.1, -0.05) is 12.1 Å². The van der Waals surface area contributed by atoms with E-state index in [1.807, 2.05) is 33.8 Å². The first-order chi connectivity index (χ1) is 16.3. The van der Waals surface area contributed by atoms with Gasteiger partial charge in [0.1, 0.15) is 6.29 Å². The largest absolute Gasteiger partial charge is 0.494 e. The Morgan fingerprint density at radius 3 is 2.37 bits per heavy atom. The van der Waals surface area contributed by atoms with Crippen molar-refractivity contribution in [2.75, 3.05) is 23.8 Å². The Morgan fingerprint density at radius 2 is 1.80 bits per heavy atom. The Hall–Kier alpha value is -3.03. The van der Waals surface area contributed by atoms with Crippen molar-refractivity contribution in [3.05, 3.63) is 53.1 Å². The predicted molar refractivity (Wildman–Crippen MR) is 130 cm³/mol. The summed E-state index contributed by atoms with van der Waals surface area (Å²) in [5.74, 6) is 0. The van der Waals surface area contributed by atoms with Gasteiger partial charge in [-0.15, -0.1) is 0 Å². The molecule has 1 aliphatic rings. The molecule has 0 radical (unpaired) electrons. The van der Waals surface area contributed by atoms with Gasteiger partial charge in [-0.05, 0) is 63.0 Å². The van der Waals surface area contributed by atoms with E-state index >= 15 is 0 Å². The molecule has 1 heterocycles. The molecule has 0 unspecified atom stereocenters. The second kappa shape index (κ2) is 9.92. The highest BCUT2D eigenvalue weighted by molar-refractivity contribution is 6.62. The van der Waals surface area contributed by atoms with Crippen LogP contribution in [0.15, 0.2) is 36.4 Å². The van der Waals surface area contributed by atoms with Gasteiger partial charge >= 0.3 is 13.3 Å². The molecule has 1 N–H and O–H groups in total. The quantitative estimate of drug-likeness (QED) is 0.328. The highest BCUT2D eigenvalue weighted by atomic mass is 19.4. The summed E-state index contributed by atoms with van der Waals surface area (Å²) in [4.78, 5) is 13.2. The van der Waals surface area contributed by atoms with Gasteiger partial charge in [-0.3, -0.25) is 4.79 Å². The number of hydrogen-bond acceptors (Lipinski definition) is 6. The lowest BCUT2D eigenvalue weighted by Crippen LogP contribution is -2.41. The third-order valence-corrected chi connectivity index (χ3v) is 6.51. The van der Waals surface area contributed by atoms with Gasteiger partial charge < -0.3 is 19.5 Å². The molecule has 0 bridgehead atoms. The maximum Gasteiger partial charge on any atom is 0.494 e. The monoisotopic (exact) mass is 487 g/mol. The van der Waals surface area contributed by atoms with Gasteiger partial charge in [0.25, 0.3) is 0 Å². The van der Waals surface area contributed by atoms with Gasteiger partial charge in [-0.25, -0.2) is 0 Å². The SMILES string of the molecule is CN(Cc1c(C=O)cccc1C(F)(F)F)c1cc(NCCC#N)cc(B2OC(C)(C)C(C)(C)O2)c1. The molecular formula is C25H29BF3N3O3. The Kier molecular flexibility index (Phi) is 7.53. The van der Waals surface area contributed by atoms with Crippen LogP contribution >= 0.6 is 0 Å². The van der Waals surface area contributed by atoms with Crippen LogP contribution in [0, 0.1) is 11.3 Å². The van der Waals surface area contributed by atoms with Crippen LogP contribution in [-0.2, 0) is 22.0 Å². The zero-order chi connectivity index (χ0) is 26.0. The van der Waals surface area contributed by atoms with Crippen molar-refractivity contribution in [2.45, 2.75) is 58.0 Å². The van der Waals surface area contributed by atoms with Gasteiger partial charge in [0.15, 0.2) is 0 Å². The first kappa shape index (κ1) is 26.6. The average Bonchev–Trinajstić information content (AvgIpc) is 3.00. The van der Waals surface area contributed by atoms with E-state index in [1.165, 1.54) is 12.1 Å². The summed E-state index contributed by atoms with van der Waals surface area (Å²) in [6.45, 7) is 8.00. The molecule has 186 valence electrons. The minimum Gasteiger partial charge on any atom is -0.399 e. The standard InChI is InChI=1S/C25H29BF3N3O3/c1-23(2)24(3,4)35-26(34-23)18-12-19(31-11-7-10-30)14-20(13-18)32(5)15-21-17(16-33)8-6-9-22(21)25(27,28)29/h6,8-9,12-14,16,31H,7,11,15H2,1-5H3. The first-order valence-corrected chi connectivity index (χ1v) is 11.3. The predicted octanol–water partition coefficient (Wildman–Crippen LogP) is 4.78. The molecule has 0 aromatic heterocycles. The molecule has 10 heteroatoms. The molecule has 1 saturated heterocycles. The topological polar surface area (TPSA) is 74.6 Å². The Morgan fingerprint density at radius 1 is 1.14 bits per heavy atom. The van der Waals surface area contributed by atoms with Crippen LogP contribution in [-0.4, -0.2) is 38.2 Å². The lowest BCUT2D eigenvalue weighted by molar-refractivity contribution is -0.138. The van der Waals surface area contributed by atoms with Gasteiger partial charge in [0, 0.05) is 37.1 Å². The number of nitriles is 1. The molecule has 35 heavy (non-hydrogen) atoms. The van der Waals surface area contributed by atoms with Crippen LogP contribution in [0.3, 0.4) is 0 Å². The highest BCUT2D eigenvalue weighted by Gasteiger charge is 2.51. The zero-order valence-electron chi connectivity index (χ0n) is 20.5. The molecule has 1 fully saturated rings. The zero-order valence-corrected chi connectivity index (χ0v) is 20.5. The Balaban J connectivity index is 2.00. The molecule has 0 amide bonds. The van der Waals surface area contributed by atoms with E-state index in [0.717, 1.165) is 6.07 Å². The number of aldehydes is 1. The van der Waals surface area contributed by atoms with E-state index in [1.54, 1.807) is 24.1 Å². The van der Waals surface area contributed by atoms with Crippen molar-refractivity contribution in [3.8, 4) is 6.07 Å². The van der Waals surface area contributed by atoms with Crippen molar-refractivity contribution in [1.82, 2.24) is 0 Å². The summed E-state index contributed by atoms with van der Waals surface area (Å²) in [7, 11) is 0.974. The van der Waals surface area contributed by atoms with Crippen molar-refractivity contribution in [1.29, 1.82) is 5.26 Å². The summed E-state index contributed by atoms with van der Waals surface area (Å²) in [5.41, 5.74) is -0.134. The molecule has 0 atom stereocenters. The number of nitrogens with one attached hydrogen (secondary N) is 1. The molecular weight excluding hydrogens is 458 g/mol. The summed E-state index contributed by atoms with van der Waals surface area (Å²) in [6, 6.07) is 11.1. The number of halogens is 3. The summed E-state index contributed by atoms with van der Waals surface area (Å²) in [5, 5.41) is 12.0. The fraction of sp³-hybridized carbons (Fsp3) is 0.440. The second-order valence-corrected chi connectivity index (χ2v) is 9.58. The maximum absolute atomic E-state index is 13.7. The Labute approximate surface area is 204 Å². The molecule has 3 rings (SSSR count). The van der Waals surface area contributed by atoms with Gasteiger partial charge in [0.05, 0.1) is 29.3 Å². The van der Waals surface area contributed by atoms with Crippen LogP contribution in [0.1, 0.15) is 55.6 Å². The third kappa shape index (κ3) is 5.80. The average molecular weight is 487 g/mol. The van der Waals surface area contributed by atoms with Crippen molar-refractivity contribution in [3.63, 3.8) is 0 Å². The number of alkyl halides is 3. The number of hydrogen-bond donors (Lipinski definition) is 1. The molecule has 0 aliphatic carbocycles. The van der Waals surface area contributed by atoms with E-state index in [-0.39, 0.29) is 24.1 Å². The maximum atomic E-state index is 13.7. The number of benzene rings is 2. The van der Waals surface area contributed by atoms with Crippen LogP contribution in [0.4, 0.5) is 24.5 Å². The minimum atomic E-state index is -4.59. The molecule has 1 aliphatic heterocycles.